The molecule has 172 valence electrons. The third-order valence-corrected chi connectivity index (χ3v) is 9.67. The van der Waals surface area contributed by atoms with Crippen molar-refractivity contribution in [3.8, 4) is 0 Å². The average Bonchev–Trinajstić information content (AvgIpc) is 3.31. The van der Waals surface area contributed by atoms with E-state index in [2.05, 4.69) is 31.2 Å². The van der Waals surface area contributed by atoms with Crippen molar-refractivity contribution in [2.75, 3.05) is 6.54 Å². The molecular formula is C29H39NO2. The lowest BCUT2D eigenvalue weighted by atomic mass is 9.54. The van der Waals surface area contributed by atoms with Crippen molar-refractivity contribution in [2.24, 2.45) is 23.2 Å². The summed E-state index contributed by atoms with van der Waals surface area (Å²) in [5.74, 6) is 3.30. The lowest BCUT2D eigenvalue weighted by molar-refractivity contribution is -0.136. The van der Waals surface area contributed by atoms with Gasteiger partial charge in [0.1, 0.15) is 0 Å². The van der Waals surface area contributed by atoms with Crippen LogP contribution in [-0.4, -0.2) is 23.3 Å². The number of amides is 2. The molecule has 0 bridgehead atoms. The Morgan fingerprint density at radius 1 is 0.906 bits per heavy atom. The van der Waals surface area contributed by atoms with Gasteiger partial charge in [-0.15, -0.1) is 0 Å². The molecule has 4 aliphatic rings. The summed E-state index contributed by atoms with van der Waals surface area (Å²) in [5, 5.41) is 0. The molecule has 1 aromatic rings. The van der Waals surface area contributed by atoms with Crippen LogP contribution in [0.3, 0.4) is 0 Å². The van der Waals surface area contributed by atoms with Crippen molar-refractivity contribution in [3.63, 3.8) is 0 Å². The highest BCUT2D eigenvalue weighted by Gasteiger charge is 2.54. The standard InChI is InChI=1S/C29H39NO2/c1-29-19-18-24-23-11-7-6-9-21(23)12-14-25(24)26(29)15-13-22(29)10-5-3-2-4-8-20-30-27(31)16-17-28(30)32/h6-7,9,11,16-17,22,24-26H,2-5,8,10,12-15,18-20H2,1H3/t22-,24+,25+,26-,29+/m0/s1. The van der Waals surface area contributed by atoms with Crippen LogP contribution in [0.4, 0.5) is 0 Å². The molecule has 3 nitrogen and oxygen atoms in total. The highest BCUT2D eigenvalue weighted by molar-refractivity contribution is 6.12. The minimum absolute atomic E-state index is 0.143. The first-order valence-corrected chi connectivity index (χ1v) is 13.2. The Kier molecular flexibility index (Phi) is 6.27. The van der Waals surface area contributed by atoms with Crippen LogP contribution >= 0.6 is 0 Å². The van der Waals surface area contributed by atoms with E-state index in [0.29, 0.717) is 12.0 Å². The van der Waals surface area contributed by atoms with E-state index in [0.717, 1.165) is 36.5 Å². The number of imide groups is 1. The fourth-order valence-electron chi connectivity index (χ4n) is 7.95. The summed E-state index contributed by atoms with van der Waals surface area (Å²) in [6.07, 6.45) is 18.5. The van der Waals surface area contributed by atoms with Gasteiger partial charge in [-0.05, 0) is 91.6 Å². The third kappa shape index (κ3) is 3.97. The zero-order valence-corrected chi connectivity index (χ0v) is 19.7. The van der Waals surface area contributed by atoms with Gasteiger partial charge in [0.05, 0.1) is 0 Å². The smallest absolute Gasteiger partial charge is 0.253 e. The first-order chi connectivity index (χ1) is 15.6. The second-order valence-corrected chi connectivity index (χ2v) is 11.2. The summed E-state index contributed by atoms with van der Waals surface area (Å²) in [6, 6.07) is 9.27. The molecule has 2 amide bonds. The van der Waals surface area contributed by atoms with Gasteiger partial charge in [-0.1, -0.05) is 56.9 Å². The number of fused-ring (bicyclic) bond motifs is 5. The molecule has 2 fully saturated rings. The minimum atomic E-state index is -0.143. The van der Waals surface area contributed by atoms with Crippen molar-refractivity contribution < 1.29 is 9.59 Å². The van der Waals surface area contributed by atoms with Crippen molar-refractivity contribution in [1.29, 1.82) is 0 Å². The molecule has 1 aliphatic heterocycles. The Hall–Kier alpha value is -1.90. The van der Waals surface area contributed by atoms with Gasteiger partial charge in [0.2, 0.25) is 0 Å². The average molecular weight is 434 g/mol. The summed E-state index contributed by atoms with van der Waals surface area (Å²) in [7, 11) is 0. The number of hydrogen-bond acceptors (Lipinski definition) is 2. The van der Waals surface area contributed by atoms with E-state index in [1.54, 1.807) is 11.1 Å². The van der Waals surface area contributed by atoms with Crippen LogP contribution in [0.1, 0.15) is 94.6 Å². The predicted octanol–water partition coefficient (Wildman–Crippen LogP) is 6.42. The number of unbranched alkanes of at least 4 members (excludes halogenated alkanes) is 4. The fourth-order valence-corrected chi connectivity index (χ4v) is 7.95. The normalized spacial score (nSPS) is 33.3. The van der Waals surface area contributed by atoms with E-state index >= 15 is 0 Å². The van der Waals surface area contributed by atoms with Gasteiger partial charge >= 0.3 is 0 Å². The minimum Gasteiger partial charge on any atom is -0.275 e. The van der Waals surface area contributed by atoms with Gasteiger partial charge in [0.25, 0.3) is 11.8 Å². The van der Waals surface area contributed by atoms with Crippen LogP contribution in [0.25, 0.3) is 0 Å². The van der Waals surface area contributed by atoms with Gasteiger partial charge in [-0.2, -0.15) is 0 Å². The van der Waals surface area contributed by atoms with Gasteiger partial charge < -0.3 is 0 Å². The number of rotatable bonds is 8. The zero-order valence-electron chi connectivity index (χ0n) is 19.7. The lowest BCUT2D eigenvalue weighted by Crippen LogP contribution is -2.42. The summed E-state index contributed by atoms with van der Waals surface area (Å²) in [6.45, 7) is 3.23. The lowest BCUT2D eigenvalue weighted by Gasteiger charge is -2.51. The van der Waals surface area contributed by atoms with Crippen LogP contribution in [0.15, 0.2) is 36.4 Å². The first-order valence-electron chi connectivity index (χ1n) is 13.2. The summed E-state index contributed by atoms with van der Waals surface area (Å²) in [4.78, 5) is 24.6. The van der Waals surface area contributed by atoms with Gasteiger partial charge in [-0.3, -0.25) is 14.5 Å². The van der Waals surface area contributed by atoms with Crippen LogP contribution in [0, 0.1) is 23.2 Å². The molecule has 2 saturated carbocycles. The maximum absolute atomic E-state index is 11.6. The monoisotopic (exact) mass is 433 g/mol. The molecule has 1 heterocycles. The number of aryl methyl sites for hydroxylation is 1. The van der Waals surface area contributed by atoms with Gasteiger partial charge in [0.15, 0.2) is 0 Å². The van der Waals surface area contributed by atoms with Crippen LogP contribution in [-0.2, 0) is 16.0 Å². The number of hydrogen-bond donors (Lipinski definition) is 0. The molecule has 0 spiro atoms. The summed E-state index contributed by atoms with van der Waals surface area (Å²) >= 11 is 0. The molecule has 0 saturated heterocycles. The summed E-state index contributed by atoms with van der Waals surface area (Å²) in [5.41, 5.74) is 3.88. The Labute approximate surface area is 193 Å². The first kappa shape index (κ1) is 21.9. The predicted molar refractivity (Wildman–Crippen MR) is 128 cm³/mol. The van der Waals surface area contributed by atoms with Crippen LogP contribution in [0.5, 0.6) is 0 Å². The SMILES string of the molecule is C[C@]12CC[C@@H]3c4ccccc4CC[C@H]3[C@@H]1CC[C@@H]2CCCCCCCN1C(=O)C=CC1=O. The second-order valence-electron chi connectivity index (χ2n) is 11.2. The Morgan fingerprint density at radius 3 is 2.50 bits per heavy atom. The highest BCUT2D eigenvalue weighted by atomic mass is 16.2. The number of benzene rings is 1. The molecule has 3 aliphatic carbocycles. The molecule has 5 rings (SSSR count). The quantitative estimate of drug-likeness (QED) is 0.350. The Balaban J connectivity index is 1.07. The van der Waals surface area contributed by atoms with E-state index < -0.39 is 0 Å². The van der Waals surface area contributed by atoms with Crippen LogP contribution in [0.2, 0.25) is 0 Å². The molecule has 0 radical (unpaired) electrons. The largest absolute Gasteiger partial charge is 0.275 e. The van der Waals surface area contributed by atoms with E-state index in [4.69, 9.17) is 0 Å². The Bertz CT molecular complexity index is 871. The molecule has 0 unspecified atom stereocenters. The molecule has 32 heavy (non-hydrogen) atoms. The van der Waals surface area contributed by atoms with Crippen molar-refractivity contribution >= 4 is 11.8 Å². The zero-order chi connectivity index (χ0) is 22.1. The van der Waals surface area contributed by atoms with Crippen molar-refractivity contribution in [3.05, 3.63) is 47.5 Å². The van der Waals surface area contributed by atoms with E-state index in [1.807, 2.05) is 0 Å². The van der Waals surface area contributed by atoms with E-state index in [9.17, 15) is 9.59 Å². The van der Waals surface area contributed by atoms with E-state index in [1.165, 1.54) is 81.3 Å². The number of carbonyl (C=O) groups excluding carboxylic acids is 2. The third-order valence-electron chi connectivity index (χ3n) is 9.67. The molecule has 0 N–H and O–H groups in total. The van der Waals surface area contributed by atoms with Crippen LogP contribution < -0.4 is 0 Å². The molecular weight excluding hydrogens is 394 g/mol. The Morgan fingerprint density at radius 2 is 1.66 bits per heavy atom. The van der Waals surface area contributed by atoms with Gasteiger partial charge in [-0.25, -0.2) is 0 Å². The second kappa shape index (κ2) is 9.15. The highest BCUT2D eigenvalue weighted by Crippen LogP contribution is 2.63. The maximum Gasteiger partial charge on any atom is 0.253 e. The van der Waals surface area contributed by atoms with Gasteiger partial charge in [0, 0.05) is 18.7 Å². The fraction of sp³-hybridized carbons (Fsp3) is 0.655. The van der Waals surface area contributed by atoms with Crippen molar-refractivity contribution in [1.82, 2.24) is 4.90 Å². The van der Waals surface area contributed by atoms with E-state index in [-0.39, 0.29) is 11.8 Å². The molecule has 1 aromatic carbocycles. The number of nitrogens with zero attached hydrogens (tertiary/aromatic N) is 1. The molecule has 5 atom stereocenters. The number of carbonyl (C=O) groups is 2. The van der Waals surface area contributed by atoms with Crippen molar-refractivity contribution in [2.45, 2.75) is 89.9 Å². The summed E-state index contributed by atoms with van der Waals surface area (Å²) < 4.78 is 0. The maximum atomic E-state index is 11.6. The topological polar surface area (TPSA) is 37.4 Å². The molecule has 0 aromatic heterocycles. The molecule has 3 heteroatoms.